The van der Waals surface area contributed by atoms with E-state index < -0.39 is 0 Å². The van der Waals surface area contributed by atoms with Gasteiger partial charge in [0.15, 0.2) is 0 Å². The van der Waals surface area contributed by atoms with Crippen LogP contribution in [0, 0.1) is 13.8 Å². The minimum Gasteiger partial charge on any atom is -0.373 e. The van der Waals surface area contributed by atoms with Gasteiger partial charge in [-0.1, -0.05) is 0 Å². The van der Waals surface area contributed by atoms with Crippen LogP contribution in [0.15, 0.2) is 12.1 Å². The van der Waals surface area contributed by atoms with Crippen LogP contribution in [-0.2, 0) is 11.2 Å². The Morgan fingerprint density at radius 1 is 1.48 bits per heavy atom. The number of ether oxygens (including phenoxy) is 1. The molecule has 2 aromatic rings. The molecule has 1 aliphatic heterocycles. The molecule has 23 heavy (non-hydrogen) atoms. The summed E-state index contributed by atoms with van der Waals surface area (Å²) in [7, 11) is 1.86. The number of aromatic amines is 1. The molecule has 1 fully saturated rings. The summed E-state index contributed by atoms with van der Waals surface area (Å²) in [6.45, 7) is 5.53. The first-order chi connectivity index (χ1) is 11.1. The lowest BCUT2D eigenvalue weighted by Crippen LogP contribution is -2.28. The normalized spacial score (nSPS) is 17.6. The Morgan fingerprint density at radius 2 is 2.30 bits per heavy atom. The Labute approximate surface area is 140 Å². The van der Waals surface area contributed by atoms with Gasteiger partial charge in [0.05, 0.1) is 16.7 Å². The molecule has 0 spiro atoms. The third-order valence-electron chi connectivity index (χ3n) is 4.41. The number of likely N-dealkylation sites (N-methyl/N-ethyl adjacent to an activating group) is 1. The summed E-state index contributed by atoms with van der Waals surface area (Å²) in [5.74, 6) is 0.0815. The molecule has 1 saturated heterocycles. The molecule has 1 atom stereocenters. The summed E-state index contributed by atoms with van der Waals surface area (Å²) in [5.41, 5.74) is 3.30. The van der Waals surface area contributed by atoms with Gasteiger partial charge >= 0.3 is 0 Å². The summed E-state index contributed by atoms with van der Waals surface area (Å²) in [6.07, 6.45) is 3.17. The van der Waals surface area contributed by atoms with E-state index in [4.69, 9.17) is 4.74 Å². The van der Waals surface area contributed by atoms with Crippen molar-refractivity contribution in [1.82, 2.24) is 15.1 Å². The number of thiophene rings is 1. The number of H-pyrrole nitrogens is 1. The summed E-state index contributed by atoms with van der Waals surface area (Å²) in [5, 5.41) is 7.20. The second-order valence-electron chi connectivity index (χ2n) is 6.09. The molecule has 0 radical (unpaired) electrons. The maximum Gasteiger partial charge on any atom is 0.263 e. The van der Waals surface area contributed by atoms with Gasteiger partial charge in [-0.05, 0) is 50.8 Å². The van der Waals surface area contributed by atoms with Gasteiger partial charge in [0.1, 0.15) is 0 Å². The number of aromatic nitrogens is 2. The van der Waals surface area contributed by atoms with E-state index in [1.165, 1.54) is 10.4 Å². The van der Waals surface area contributed by atoms with E-state index in [1.54, 1.807) is 16.2 Å². The number of nitrogens with one attached hydrogen (secondary N) is 1. The molecule has 6 heteroatoms. The minimum atomic E-state index is 0.0815. The number of carbonyl (C=O) groups excluding carboxylic acids is 1. The zero-order chi connectivity index (χ0) is 16.4. The molecule has 0 saturated carbocycles. The van der Waals surface area contributed by atoms with Crippen LogP contribution in [0.25, 0.3) is 0 Å². The Bertz CT molecular complexity index is 666. The van der Waals surface area contributed by atoms with Crippen LogP contribution in [0.1, 0.15) is 50.4 Å². The van der Waals surface area contributed by atoms with Gasteiger partial charge in [-0.25, -0.2) is 0 Å². The first-order valence-corrected chi connectivity index (χ1v) is 8.85. The lowest BCUT2D eigenvalue weighted by Gasteiger charge is -2.16. The van der Waals surface area contributed by atoms with E-state index in [0.29, 0.717) is 6.54 Å². The standard InChI is InChI=1S/C17H23N3O2S/c1-11-13(12(2)19-18-11)8-9-20(3)17(21)16-7-6-15(23-16)14-5-4-10-22-14/h6-7,14H,4-5,8-10H2,1-3H3,(H,18,19)/t14-/m0/s1. The van der Waals surface area contributed by atoms with Gasteiger partial charge in [0.2, 0.25) is 0 Å². The van der Waals surface area contributed by atoms with Gasteiger partial charge in [-0.15, -0.1) is 11.3 Å². The zero-order valence-corrected chi connectivity index (χ0v) is 14.7. The fourth-order valence-corrected chi connectivity index (χ4v) is 4.04. The number of aryl methyl sites for hydroxylation is 2. The second-order valence-corrected chi connectivity index (χ2v) is 7.21. The molecule has 0 bridgehead atoms. The fourth-order valence-electron chi connectivity index (χ4n) is 2.95. The Balaban J connectivity index is 1.61. The average Bonchev–Trinajstić information content (AvgIpc) is 3.26. The highest BCUT2D eigenvalue weighted by Gasteiger charge is 2.22. The molecular weight excluding hydrogens is 310 g/mol. The third kappa shape index (κ3) is 3.48. The predicted octanol–water partition coefficient (Wildman–Crippen LogP) is 3.25. The monoisotopic (exact) mass is 333 g/mol. The van der Waals surface area contributed by atoms with E-state index in [-0.39, 0.29) is 12.0 Å². The van der Waals surface area contributed by atoms with Crippen LogP contribution in [-0.4, -0.2) is 41.2 Å². The highest BCUT2D eigenvalue weighted by molar-refractivity contribution is 7.14. The van der Waals surface area contributed by atoms with Crippen molar-refractivity contribution < 1.29 is 9.53 Å². The maximum atomic E-state index is 12.6. The van der Waals surface area contributed by atoms with Crippen molar-refractivity contribution in [1.29, 1.82) is 0 Å². The molecule has 3 heterocycles. The number of nitrogens with zero attached hydrogens (tertiary/aromatic N) is 2. The Morgan fingerprint density at radius 3 is 2.96 bits per heavy atom. The van der Waals surface area contributed by atoms with Crippen molar-refractivity contribution >= 4 is 17.2 Å². The topological polar surface area (TPSA) is 58.2 Å². The SMILES string of the molecule is Cc1n[nH]c(C)c1CCN(C)C(=O)c1ccc([C@@H]2CCCO2)s1. The van der Waals surface area contributed by atoms with Crippen LogP contribution < -0.4 is 0 Å². The summed E-state index contributed by atoms with van der Waals surface area (Å²) in [4.78, 5) is 16.3. The Hall–Kier alpha value is -1.66. The van der Waals surface area contributed by atoms with E-state index in [0.717, 1.165) is 42.1 Å². The fraction of sp³-hybridized carbons (Fsp3) is 0.529. The number of amides is 1. The van der Waals surface area contributed by atoms with Crippen LogP contribution in [0.3, 0.4) is 0 Å². The summed E-state index contributed by atoms with van der Waals surface area (Å²) < 4.78 is 5.69. The number of hydrogen-bond donors (Lipinski definition) is 1. The minimum absolute atomic E-state index is 0.0815. The average molecular weight is 333 g/mol. The second kappa shape index (κ2) is 6.84. The van der Waals surface area contributed by atoms with Crippen molar-refractivity contribution in [3.63, 3.8) is 0 Å². The molecule has 1 aliphatic rings. The molecule has 124 valence electrons. The quantitative estimate of drug-likeness (QED) is 0.914. The van der Waals surface area contributed by atoms with Gasteiger partial charge in [-0.2, -0.15) is 5.10 Å². The number of carbonyl (C=O) groups is 1. The first kappa shape index (κ1) is 16.2. The van der Waals surface area contributed by atoms with Crippen LogP contribution in [0.4, 0.5) is 0 Å². The maximum absolute atomic E-state index is 12.6. The highest BCUT2D eigenvalue weighted by Crippen LogP contribution is 2.33. The van der Waals surface area contributed by atoms with Crippen LogP contribution >= 0.6 is 11.3 Å². The predicted molar refractivity (Wildman–Crippen MR) is 91.0 cm³/mol. The molecule has 0 aliphatic carbocycles. The molecule has 1 amide bonds. The molecular formula is C17H23N3O2S. The third-order valence-corrected chi connectivity index (χ3v) is 5.57. The number of rotatable bonds is 5. The molecule has 0 aromatic carbocycles. The molecule has 3 rings (SSSR count). The lowest BCUT2D eigenvalue weighted by molar-refractivity contribution is 0.0801. The van der Waals surface area contributed by atoms with Crippen molar-refractivity contribution in [2.45, 2.75) is 39.2 Å². The molecule has 0 unspecified atom stereocenters. The van der Waals surface area contributed by atoms with Crippen molar-refractivity contribution in [2.75, 3.05) is 20.2 Å². The van der Waals surface area contributed by atoms with Crippen LogP contribution in [0.5, 0.6) is 0 Å². The van der Waals surface area contributed by atoms with Crippen molar-refractivity contribution in [3.8, 4) is 0 Å². The van der Waals surface area contributed by atoms with E-state index in [2.05, 4.69) is 10.2 Å². The van der Waals surface area contributed by atoms with Crippen LogP contribution in [0.2, 0.25) is 0 Å². The van der Waals surface area contributed by atoms with Gasteiger partial charge in [0, 0.05) is 30.8 Å². The number of hydrogen-bond acceptors (Lipinski definition) is 4. The summed E-state index contributed by atoms with van der Waals surface area (Å²) >= 11 is 1.56. The lowest BCUT2D eigenvalue weighted by atomic mass is 10.1. The van der Waals surface area contributed by atoms with Gasteiger partial charge in [0.25, 0.3) is 5.91 Å². The van der Waals surface area contributed by atoms with E-state index in [9.17, 15) is 4.79 Å². The van der Waals surface area contributed by atoms with Crippen molar-refractivity contribution in [2.24, 2.45) is 0 Å². The molecule has 1 N–H and O–H groups in total. The van der Waals surface area contributed by atoms with Gasteiger partial charge < -0.3 is 9.64 Å². The van der Waals surface area contributed by atoms with E-state index >= 15 is 0 Å². The highest BCUT2D eigenvalue weighted by atomic mass is 32.1. The van der Waals surface area contributed by atoms with Gasteiger partial charge in [-0.3, -0.25) is 9.89 Å². The smallest absolute Gasteiger partial charge is 0.263 e. The summed E-state index contributed by atoms with van der Waals surface area (Å²) in [6, 6.07) is 3.96. The largest absolute Gasteiger partial charge is 0.373 e. The Kier molecular flexibility index (Phi) is 4.82. The zero-order valence-electron chi connectivity index (χ0n) is 13.9. The first-order valence-electron chi connectivity index (χ1n) is 8.03. The molecule has 5 nitrogen and oxygen atoms in total. The van der Waals surface area contributed by atoms with E-state index in [1.807, 2.05) is 33.0 Å². The molecule has 2 aromatic heterocycles. The van der Waals surface area contributed by atoms with Crippen molar-refractivity contribution in [3.05, 3.63) is 38.8 Å².